The molecular formula is C10H21N. The first kappa shape index (κ1) is 9.05. The van der Waals surface area contributed by atoms with Crippen LogP contribution >= 0.6 is 0 Å². The molecule has 0 aromatic heterocycles. The third-order valence-corrected chi connectivity index (χ3v) is 3.51. The highest BCUT2D eigenvalue weighted by molar-refractivity contribution is 5.00. The number of hydrogen-bond donors (Lipinski definition) is 1. The Morgan fingerprint density at radius 2 is 2.09 bits per heavy atom. The summed E-state index contributed by atoms with van der Waals surface area (Å²) in [5.41, 5.74) is 6.57. The molecule has 1 heteroatoms. The molecule has 1 nitrogen and oxygen atoms in total. The topological polar surface area (TPSA) is 26.0 Å². The molecule has 0 bridgehead atoms. The van der Waals surface area contributed by atoms with E-state index >= 15 is 0 Å². The second-order valence-corrected chi connectivity index (χ2v) is 4.29. The van der Waals surface area contributed by atoms with E-state index in [4.69, 9.17) is 5.73 Å². The van der Waals surface area contributed by atoms with Crippen LogP contribution in [0.15, 0.2) is 0 Å². The minimum atomic E-state index is 0.472. The number of rotatable bonds is 3. The van der Waals surface area contributed by atoms with Crippen LogP contribution in [0.3, 0.4) is 0 Å². The second-order valence-electron chi connectivity index (χ2n) is 4.29. The van der Waals surface area contributed by atoms with Crippen molar-refractivity contribution in [1.29, 1.82) is 0 Å². The highest BCUT2D eigenvalue weighted by Crippen LogP contribution is 2.48. The fourth-order valence-electron chi connectivity index (χ4n) is 2.30. The second kappa shape index (κ2) is 3.14. The van der Waals surface area contributed by atoms with Crippen molar-refractivity contribution >= 4 is 0 Å². The van der Waals surface area contributed by atoms with E-state index in [-0.39, 0.29) is 0 Å². The summed E-state index contributed by atoms with van der Waals surface area (Å²) in [6.45, 7) is 6.82. The Morgan fingerprint density at radius 1 is 1.45 bits per heavy atom. The lowest BCUT2D eigenvalue weighted by molar-refractivity contribution is 0.0268. The average molecular weight is 155 g/mol. The summed E-state index contributed by atoms with van der Waals surface area (Å²) in [7, 11) is 0. The maximum Gasteiger partial charge on any atom is 0.0122 e. The largest absolute Gasteiger partial charge is 0.327 e. The predicted molar refractivity (Wildman–Crippen MR) is 49.4 cm³/mol. The van der Waals surface area contributed by atoms with Crippen LogP contribution in [0.25, 0.3) is 0 Å². The van der Waals surface area contributed by atoms with E-state index in [9.17, 15) is 0 Å². The minimum absolute atomic E-state index is 0.472. The average Bonchev–Trinajstić information content (AvgIpc) is 2.03. The molecule has 3 atom stereocenters. The normalized spacial score (nSPS) is 43.6. The van der Waals surface area contributed by atoms with Crippen LogP contribution in [-0.2, 0) is 0 Å². The van der Waals surface area contributed by atoms with Crippen molar-refractivity contribution in [2.45, 2.75) is 52.5 Å². The Balaban J connectivity index is 2.36. The molecule has 1 fully saturated rings. The maximum absolute atomic E-state index is 6.10. The predicted octanol–water partition coefficient (Wildman–Crippen LogP) is 2.55. The first-order chi connectivity index (χ1) is 5.14. The van der Waals surface area contributed by atoms with Gasteiger partial charge in [0.15, 0.2) is 0 Å². The van der Waals surface area contributed by atoms with Gasteiger partial charge in [-0.1, -0.05) is 27.2 Å². The SMILES string of the molecule is CCCC1C[C@@](C)(CC)[C@H]1N. The third-order valence-electron chi connectivity index (χ3n) is 3.51. The third kappa shape index (κ3) is 1.44. The molecule has 0 saturated heterocycles. The first-order valence-electron chi connectivity index (χ1n) is 4.89. The Labute approximate surface area is 70.4 Å². The van der Waals surface area contributed by atoms with Gasteiger partial charge in [-0.05, 0) is 30.6 Å². The number of hydrogen-bond acceptors (Lipinski definition) is 1. The molecule has 66 valence electrons. The van der Waals surface area contributed by atoms with Gasteiger partial charge in [-0.3, -0.25) is 0 Å². The van der Waals surface area contributed by atoms with E-state index in [2.05, 4.69) is 20.8 Å². The molecule has 1 saturated carbocycles. The summed E-state index contributed by atoms with van der Waals surface area (Å²) in [6, 6.07) is 0.479. The first-order valence-corrected chi connectivity index (χ1v) is 4.89. The molecule has 0 aliphatic heterocycles. The molecule has 1 aliphatic carbocycles. The molecule has 0 aromatic carbocycles. The molecule has 0 amide bonds. The number of nitrogens with two attached hydrogens (primary N) is 1. The lowest BCUT2D eigenvalue weighted by Gasteiger charge is -2.51. The summed E-state index contributed by atoms with van der Waals surface area (Å²) in [5, 5.41) is 0. The zero-order chi connectivity index (χ0) is 8.48. The summed E-state index contributed by atoms with van der Waals surface area (Å²) < 4.78 is 0. The monoisotopic (exact) mass is 155 g/mol. The van der Waals surface area contributed by atoms with Gasteiger partial charge < -0.3 is 5.73 Å². The Hall–Kier alpha value is -0.0400. The van der Waals surface area contributed by atoms with Crippen LogP contribution in [0, 0.1) is 11.3 Å². The van der Waals surface area contributed by atoms with Gasteiger partial charge in [0.25, 0.3) is 0 Å². The van der Waals surface area contributed by atoms with Crippen LogP contribution in [0.5, 0.6) is 0 Å². The molecule has 0 aromatic rings. The molecule has 2 N–H and O–H groups in total. The van der Waals surface area contributed by atoms with Gasteiger partial charge >= 0.3 is 0 Å². The molecule has 1 unspecified atom stereocenters. The molecule has 0 heterocycles. The van der Waals surface area contributed by atoms with E-state index in [0.29, 0.717) is 11.5 Å². The molecule has 0 radical (unpaired) electrons. The Morgan fingerprint density at radius 3 is 2.45 bits per heavy atom. The van der Waals surface area contributed by atoms with Crippen molar-refractivity contribution < 1.29 is 0 Å². The van der Waals surface area contributed by atoms with Gasteiger partial charge in [-0.2, -0.15) is 0 Å². The van der Waals surface area contributed by atoms with E-state index in [0.717, 1.165) is 5.92 Å². The van der Waals surface area contributed by atoms with Gasteiger partial charge in [-0.15, -0.1) is 0 Å². The highest BCUT2D eigenvalue weighted by atomic mass is 14.8. The maximum atomic E-state index is 6.10. The minimum Gasteiger partial charge on any atom is -0.327 e. The van der Waals surface area contributed by atoms with Crippen molar-refractivity contribution in [2.75, 3.05) is 0 Å². The van der Waals surface area contributed by atoms with Crippen LogP contribution in [0.2, 0.25) is 0 Å². The standard InChI is InChI=1S/C10H21N/c1-4-6-8-7-10(3,5-2)9(8)11/h8-9H,4-7,11H2,1-3H3/t8?,9-,10+/m0/s1. The van der Waals surface area contributed by atoms with Gasteiger partial charge in [0.2, 0.25) is 0 Å². The van der Waals surface area contributed by atoms with Gasteiger partial charge in [0.05, 0.1) is 0 Å². The highest BCUT2D eigenvalue weighted by Gasteiger charge is 2.45. The molecule has 11 heavy (non-hydrogen) atoms. The van der Waals surface area contributed by atoms with Crippen LogP contribution in [0.1, 0.15) is 46.5 Å². The van der Waals surface area contributed by atoms with E-state index in [1.54, 1.807) is 0 Å². The van der Waals surface area contributed by atoms with Gasteiger partial charge in [0.1, 0.15) is 0 Å². The van der Waals surface area contributed by atoms with Crippen molar-refractivity contribution in [2.24, 2.45) is 17.1 Å². The fourth-order valence-corrected chi connectivity index (χ4v) is 2.30. The smallest absolute Gasteiger partial charge is 0.0122 e. The summed E-state index contributed by atoms with van der Waals surface area (Å²) >= 11 is 0. The van der Waals surface area contributed by atoms with Crippen molar-refractivity contribution in [3.05, 3.63) is 0 Å². The van der Waals surface area contributed by atoms with Crippen molar-refractivity contribution in [3.8, 4) is 0 Å². The van der Waals surface area contributed by atoms with Crippen LogP contribution < -0.4 is 5.73 Å². The van der Waals surface area contributed by atoms with E-state index < -0.39 is 0 Å². The van der Waals surface area contributed by atoms with E-state index in [1.165, 1.54) is 25.7 Å². The molecule has 1 rings (SSSR count). The lowest BCUT2D eigenvalue weighted by Crippen LogP contribution is -2.55. The zero-order valence-electron chi connectivity index (χ0n) is 8.06. The van der Waals surface area contributed by atoms with Gasteiger partial charge in [0, 0.05) is 6.04 Å². The van der Waals surface area contributed by atoms with Crippen molar-refractivity contribution in [1.82, 2.24) is 0 Å². The summed E-state index contributed by atoms with van der Waals surface area (Å²) in [5.74, 6) is 0.824. The van der Waals surface area contributed by atoms with Crippen molar-refractivity contribution in [3.63, 3.8) is 0 Å². The Kier molecular flexibility index (Phi) is 2.58. The van der Waals surface area contributed by atoms with Gasteiger partial charge in [-0.25, -0.2) is 0 Å². The molecule has 0 spiro atoms. The molecule has 1 aliphatic rings. The van der Waals surface area contributed by atoms with Crippen LogP contribution in [-0.4, -0.2) is 6.04 Å². The van der Waals surface area contributed by atoms with E-state index in [1.807, 2.05) is 0 Å². The lowest BCUT2D eigenvalue weighted by atomic mass is 9.57. The summed E-state index contributed by atoms with van der Waals surface area (Å²) in [6.07, 6.45) is 5.22. The fraction of sp³-hybridized carbons (Fsp3) is 1.00. The zero-order valence-corrected chi connectivity index (χ0v) is 8.06. The molecular weight excluding hydrogens is 134 g/mol. The van der Waals surface area contributed by atoms with Crippen LogP contribution in [0.4, 0.5) is 0 Å². The summed E-state index contributed by atoms with van der Waals surface area (Å²) in [4.78, 5) is 0. The quantitative estimate of drug-likeness (QED) is 0.666. The Bertz CT molecular complexity index is 133.